The van der Waals surface area contributed by atoms with E-state index in [1.165, 1.54) is 4.90 Å². The minimum Gasteiger partial charge on any atom is -0.337 e. The normalized spacial score (nSPS) is 23.2. The number of nitrogens with zero attached hydrogens (tertiary/aromatic N) is 2. The van der Waals surface area contributed by atoms with Crippen molar-refractivity contribution in [2.75, 3.05) is 0 Å². The monoisotopic (exact) mass is 354 g/mol. The molecular formula is C19H38N2O2Si. The standard InChI is InChI=1S/C19H38N2O2Si/c1-12(2)19(11)17(22)20(13(3)4)18(23)21(19)24(14(5)6,15(7)8)16(9)10/h12-16H,1-11H3. The molecule has 0 aromatic rings. The van der Waals surface area contributed by atoms with Gasteiger partial charge in [-0.3, -0.25) is 9.69 Å². The second-order valence-electron chi connectivity index (χ2n) is 9.04. The molecule has 1 saturated heterocycles. The van der Waals surface area contributed by atoms with Gasteiger partial charge in [0.25, 0.3) is 5.91 Å². The third-order valence-electron chi connectivity index (χ3n) is 6.32. The Kier molecular flexibility index (Phi) is 6.02. The Labute approximate surface area is 150 Å². The third kappa shape index (κ3) is 2.63. The number of urea groups is 1. The van der Waals surface area contributed by atoms with E-state index in [-0.39, 0.29) is 23.9 Å². The van der Waals surface area contributed by atoms with Crippen LogP contribution in [-0.4, -0.2) is 41.2 Å². The maximum atomic E-state index is 13.5. The third-order valence-corrected chi connectivity index (χ3v) is 13.3. The molecule has 0 spiro atoms. The second kappa shape index (κ2) is 6.81. The molecule has 3 amide bonds. The van der Waals surface area contributed by atoms with Crippen LogP contribution >= 0.6 is 0 Å². The predicted octanol–water partition coefficient (Wildman–Crippen LogP) is 5.25. The Bertz CT molecular complexity index is 478. The molecule has 1 atom stereocenters. The molecule has 4 nitrogen and oxygen atoms in total. The molecule has 140 valence electrons. The average Bonchev–Trinajstić information content (AvgIpc) is 2.60. The van der Waals surface area contributed by atoms with E-state index >= 15 is 0 Å². The Morgan fingerprint density at radius 2 is 1.17 bits per heavy atom. The van der Waals surface area contributed by atoms with Gasteiger partial charge < -0.3 is 4.57 Å². The lowest BCUT2D eigenvalue weighted by Crippen LogP contribution is -2.69. The number of rotatable bonds is 6. The van der Waals surface area contributed by atoms with Gasteiger partial charge in [0.1, 0.15) is 5.54 Å². The highest BCUT2D eigenvalue weighted by Crippen LogP contribution is 2.51. The van der Waals surface area contributed by atoms with Gasteiger partial charge in [0.2, 0.25) is 0 Å². The minimum absolute atomic E-state index is 0.0173. The predicted molar refractivity (Wildman–Crippen MR) is 104 cm³/mol. The fraction of sp³-hybridized carbons (Fsp3) is 0.895. The SMILES string of the molecule is CC(C)N1C(=O)N([Si](C(C)C)(C(C)C)C(C)C)C(C)(C(C)C)C1=O. The van der Waals surface area contributed by atoms with Crippen LogP contribution in [0.1, 0.15) is 76.2 Å². The van der Waals surface area contributed by atoms with E-state index in [2.05, 4.69) is 60.0 Å². The van der Waals surface area contributed by atoms with E-state index in [0.29, 0.717) is 16.6 Å². The molecule has 0 N–H and O–H groups in total. The van der Waals surface area contributed by atoms with E-state index in [4.69, 9.17) is 0 Å². The van der Waals surface area contributed by atoms with Gasteiger partial charge in [-0.2, -0.15) is 0 Å². The van der Waals surface area contributed by atoms with Gasteiger partial charge in [0.15, 0.2) is 8.24 Å². The van der Waals surface area contributed by atoms with Crippen molar-refractivity contribution in [1.82, 2.24) is 9.47 Å². The van der Waals surface area contributed by atoms with Crippen LogP contribution in [0.3, 0.4) is 0 Å². The molecule has 1 unspecified atom stereocenters. The van der Waals surface area contributed by atoms with Gasteiger partial charge in [-0.05, 0) is 43.3 Å². The first-order valence-electron chi connectivity index (χ1n) is 9.46. The largest absolute Gasteiger partial charge is 0.337 e. The summed E-state index contributed by atoms with van der Waals surface area (Å²) in [7, 11) is -2.26. The first-order valence-corrected chi connectivity index (χ1v) is 11.6. The number of imide groups is 1. The van der Waals surface area contributed by atoms with Gasteiger partial charge >= 0.3 is 6.03 Å². The summed E-state index contributed by atoms with van der Waals surface area (Å²) in [6.45, 7) is 23.4. The molecule has 0 aromatic heterocycles. The Morgan fingerprint density at radius 3 is 1.42 bits per heavy atom. The molecule has 0 aromatic carbocycles. The molecule has 0 saturated carbocycles. The van der Waals surface area contributed by atoms with Gasteiger partial charge in [-0.25, -0.2) is 4.79 Å². The van der Waals surface area contributed by atoms with Crippen molar-refractivity contribution >= 4 is 20.2 Å². The van der Waals surface area contributed by atoms with Crippen LogP contribution in [0.15, 0.2) is 0 Å². The summed E-state index contributed by atoms with van der Waals surface area (Å²) in [5.74, 6) is 0.0668. The first kappa shape index (κ1) is 21.2. The lowest BCUT2D eigenvalue weighted by molar-refractivity contribution is -0.134. The van der Waals surface area contributed by atoms with E-state index in [1.807, 2.05) is 20.8 Å². The van der Waals surface area contributed by atoms with Crippen LogP contribution < -0.4 is 0 Å². The fourth-order valence-electron chi connectivity index (χ4n) is 5.04. The zero-order valence-corrected chi connectivity index (χ0v) is 18.6. The summed E-state index contributed by atoms with van der Waals surface area (Å²) in [5.41, 5.74) is 0.421. The summed E-state index contributed by atoms with van der Waals surface area (Å²) in [6.07, 6.45) is 0. The lowest BCUT2D eigenvalue weighted by Gasteiger charge is -2.54. The Balaban J connectivity index is 3.78. The van der Waals surface area contributed by atoms with Crippen LogP contribution in [-0.2, 0) is 4.79 Å². The summed E-state index contributed by atoms with van der Waals surface area (Å²) in [5, 5.41) is 0. The number of carbonyl (C=O) groups excluding carboxylic acids is 2. The molecule has 24 heavy (non-hydrogen) atoms. The number of hydrogen-bond acceptors (Lipinski definition) is 2. The number of carbonyl (C=O) groups is 2. The van der Waals surface area contributed by atoms with Crippen molar-refractivity contribution in [3.05, 3.63) is 0 Å². The molecule has 1 fully saturated rings. The molecule has 0 aliphatic carbocycles. The van der Waals surface area contributed by atoms with Crippen molar-refractivity contribution in [1.29, 1.82) is 0 Å². The summed E-state index contributed by atoms with van der Waals surface area (Å²) < 4.78 is 2.10. The highest BCUT2D eigenvalue weighted by Gasteiger charge is 2.65. The van der Waals surface area contributed by atoms with Gasteiger partial charge in [0.05, 0.1) is 0 Å². The summed E-state index contributed by atoms with van der Waals surface area (Å²) >= 11 is 0. The Morgan fingerprint density at radius 1 is 0.792 bits per heavy atom. The maximum absolute atomic E-state index is 13.5. The van der Waals surface area contributed by atoms with Crippen molar-refractivity contribution in [2.45, 2.75) is 104 Å². The van der Waals surface area contributed by atoms with Gasteiger partial charge in [-0.15, -0.1) is 0 Å². The molecular weight excluding hydrogens is 316 g/mol. The summed E-state index contributed by atoms with van der Waals surface area (Å²) in [6, 6.07) is -0.166. The molecule has 1 aliphatic rings. The lowest BCUT2D eigenvalue weighted by atomic mass is 9.88. The van der Waals surface area contributed by atoms with Crippen LogP contribution in [0.25, 0.3) is 0 Å². The topological polar surface area (TPSA) is 40.6 Å². The zero-order chi connectivity index (χ0) is 19.2. The molecule has 0 radical (unpaired) electrons. The van der Waals surface area contributed by atoms with Crippen molar-refractivity contribution in [2.24, 2.45) is 5.92 Å². The van der Waals surface area contributed by atoms with E-state index < -0.39 is 13.8 Å². The zero-order valence-electron chi connectivity index (χ0n) is 17.6. The van der Waals surface area contributed by atoms with Crippen molar-refractivity contribution < 1.29 is 9.59 Å². The van der Waals surface area contributed by atoms with Crippen LogP contribution in [0, 0.1) is 5.92 Å². The minimum atomic E-state index is -2.26. The number of hydrogen-bond donors (Lipinski definition) is 0. The maximum Gasteiger partial charge on any atom is 0.319 e. The second-order valence-corrected chi connectivity index (χ2v) is 14.7. The highest BCUT2D eigenvalue weighted by molar-refractivity contribution is 6.83. The van der Waals surface area contributed by atoms with Crippen LogP contribution in [0.4, 0.5) is 4.79 Å². The highest BCUT2D eigenvalue weighted by atomic mass is 28.3. The molecule has 1 heterocycles. The number of amides is 3. The smallest absolute Gasteiger partial charge is 0.319 e. The Hall–Kier alpha value is -0.843. The van der Waals surface area contributed by atoms with Crippen molar-refractivity contribution in [3.63, 3.8) is 0 Å². The molecule has 0 bridgehead atoms. The molecule has 1 aliphatic heterocycles. The van der Waals surface area contributed by atoms with E-state index in [1.54, 1.807) is 0 Å². The fourth-order valence-corrected chi connectivity index (χ4v) is 12.2. The quantitative estimate of drug-likeness (QED) is 0.483. The first-order chi connectivity index (χ1) is 10.8. The van der Waals surface area contributed by atoms with Crippen molar-refractivity contribution in [3.8, 4) is 0 Å². The average molecular weight is 355 g/mol. The summed E-state index contributed by atoms with van der Waals surface area (Å²) in [4.78, 5) is 28.3. The molecule has 1 rings (SSSR count). The van der Waals surface area contributed by atoms with Gasteiger partial charge in [0, 0.05) is 6.04 Å². The van der Waals surface area contributed by atoms with Crippen LogP contribution in [0.5, 0.6) is 0 Å². The van der Waals surface area contributed by atoms with E-state index in [0.717, 1.165) is 0 Å². The van der Waals surface area contributed by atoms with E-state index in [9.17, 15) is 9.59 Å². The van der Waals surface area contributed by atoms with Gasteiger partial charge in [-0.1, -0.05) is 55.4 Å². The molecule has 5 heteroatoms. The van der Waals surface area contributed by atoms with Crippen LogP contribution in [0.2, 0.25) is 16.6 Å².